The van der Waals surface area contributed by atoms with E-state index >= 15 is 0 Å². The molecule has 5 aromatic rings. The summed E-state index contributed by atoms with van der Waals surface area (Å²) in [5.41, 5.74) is 3.06. The van der Waals surface area contributed by atoms with E-state index in [1.165, 1.54) is 5.39 Å². The largest absolute Gasteiger partial charge is 0.493 e. The number of ether oxygens (including phenoxy) is 3. The Labute approximate surface area is 193 Å². The summed E-state index contributed by atoms with van der Waals surface area (Å²) in [4.78, 5) is 4.92. The van der Waals surface area contributed by atoms with Gasteiger partial charge in [0.1, 0.15) is 11.6 Å². The molecule has 4 aromatic carbocycles. The average molecular weight is 439 g/mol. The summed E-state index contributed by atoms with van der Waals surface area (Å²) in [6.07, 6.45) is 0.851. The molecular formula is C28H26N2O3. The molecule has 0 saturated carbocycles. The van der Waals surface area contributed by atoms with Gasteiger partial charge in [-0.15, -0.1) is 0 Å². The topological polar surface area (TPSA) is 45.5 Å². The highest BCUT2D eigenvalue weighted by Gasteiger charge is 2.15. The molecule has 0 aliphatic heterocycles. The molecule has 0 atom stereocenters. The Hall–Kier alpha value is -3.99. The van der Waals surface area contributed by atoms with Crippen LogP contribution in [0.4, 0.5) is 0 Å². The fraction of sp³-hybridized carbons (Fsp3) is 0.179. The van der Waals surface area contributed by atoms with Crippen molar-refractivity contribution < 1.29 is 14.2 Å². The minimum atomic E-state index is 0.617. The summed E-state index contributed by atoms with van der Waals surface area (Å²) in [6.45, 7) is 1.40. The highest BCUT2D eigenvalue weighted by Crippen LogP contribution is 2.33. The lowest BCUT2D eigenvalue weighted by Gasteiger charge is -2.13. The summed E-state index contributed by atoms with van der Waals surface area (Å²) in [5.74, 6) is 3.21. The highest BCUT2D eigenvalue weighted by molar-refractivity contribution is 5.88. The molecular weight excluding hydrogens is 412 g/mol. The van der Waals surface area contributed by atoms with Crippen molar-refractivity contribution in [1.82, 2.24) is 9.55 Å². The molecule has 5 heteroatoms. The van der Waals surface area contributed by atoms with Crippen molar-refractivity contribution in [1.29, 1.82) is 0 Å². The lowest BCUT2D eigenvalue weighted by Crippen LogP contribution is -2.06. The predicted octanol–water partition coefficient (Wildman–Crippen LogP) is 6.34. The molecule has 33 heavy (non-hydrogen) atoms. The lowest BCUT2D eigenvalue weighted by atomic mass is 10.1. The predicted molar refractivity (Wildman–Crippen MR) is 132 cm³/mol. The SMILES string of the molecule is COc1ccc(-c2nc3ccccc3n2CCCOc2cccc3ccccc23)cc1OC. The Morgan fingerprint density at radius 2 is 1.55 bits per heavy atom. The first kappa shape index (κ1) is 20.9. The van der Waals surface area contributed by atoms with Gasteiger partial charge >= 0.3 is 0 Å². The molecule has 0 bridgehead atoms. The number of rotatable bonds is 8. The monoisotopic (exact) mass is 438 g/mol. The molecule has 166 valence electrons. The molecule has 1 aromatic heterocycles. The van der Waals surface area contributed by atoms with Crippen LogP contribution in [0.15, 0.2) is 84.9 Å². The second-order valence-corrected chi connectivity index (χ2v) is 7.82. The lowest BCUT2D eigenvalue weighted by molar-refractivity contribution is 0.306. The van der Waals surface area contributed by atoms with Crippen molar-refractivity contribution in [3.05, 3.63) is 84.9 Å². The van der Waals surface area contributed by atoms with Gasteiger partial charge in [-0.05, 0) is 48.2 Å². The van der Waals surface area contributed by atoms with Crippen LogP contribution in [0.2, 0.25) is 0 Å². The van der Waals surface area contributed by atoms with Gasteiger partial charge in [-0.3, -0.25) is 0 Å². The van der Waals surface area contributed by atoms with E-state index in [2.05, 4.69) is 28.8 Å². The molecule has 0 unspecified atom stereocenters. The van der Waals surface area contributed by atoms with E-state index in [0.29, 0.717) is 18.1 Å². The summed E-state index contributed by atoms with van der Waals surface area (Å²) in [6, 6.07) is 28.6. The second kappa shape index (κ2) is 9.25. The molecule has 0 aliphatic rings. The third-order valence-corrected chi connectivity index (χ3v) is 5.83. The number of methoxy groups -OCH3 is 2. The molecule has 1 heterocycles. The Morgan fingerprint density at radius 3 is 2.42 bits per heavy atom. The maximum absolute atomic E-state index is 6.17. The number of nitrogens with zero attached hydrogens (tertiary/aromatic N) is 2. The van der Waals surface area contributed by atoms with E-state index in [9.17, 15) is 0 Å². The molecule has 5 rings (SSSR count). The van der Waals surface area contributed by atoms with Crippen molar-refractivity contribution in [3.8, 4) is 28.6 Å². The molecule has 0 amide bonds. The zero-order valence-corrected chi connectivity index (χ0v) is 18.8. The van der Waals surface area contributed by atoms with Gasteiger partial charge in [-0.25, -0.2) is 4.98 Å². The third kappa shape index (κ3) is 4.10. The zero-order chi connectivity index (χ0) is 22.6. The normalized spacial score (nSPS) is 11.1. The first-order valence-corrected chi connectivity index (χ1v) is 11.1. The van der Waals surface area contributed by atoms with E-state index in [1.54, 1.807) is 14.2 Å². The van der Waals surface area contributed by atoms with E-state index in [-0.39, 0.29) is 0 Å². The minimum Gasteiger partial charge on any atom is -0.493 e. The summed E-state index contributed by atoms with van der Waals surface area (Å²) < 4.78 is 19.3. The van der Waals surface area contributed by atoms with E-state index in [0.717, 1.165) is 46.5 Å². The molecule has 0 saturated heterocycles. The van der Waals surface area contributed by atoms with Gasteiger partial charge in [0.15, 0.2) is 11.5 Å². The van der Waals surface area contributed by atoms with Gasteiger partial charge in [0.2, 0.25) is 0 Å². The molecule has 0 radical (unpaired) electrons. The van der Waals surface area contributed by atoms with Gasteiger partial charge in [0.25, 0.3) is 0 Å². The molecule has 0 aliphatic carbocycles. The average Bonchev–Trinajstić information content (AvgIpc) is 3.24. The van der Waals surface area contributed by atoms with Crippen LogP contribution in [0.5, 0.6) is 17.2 Å². The minimum absolute atomic E-state index is 0.617. The van der Waals surface area contributed by atoms with E-state index in [4.69, 9.17) is 19.2 Å². The fourth-order valence-corrected chi connectivity index (χ4v) is 4.22. The second-order valence-electron chi connectivity index (χ2n) is 7.82. The van der Waals surface area contributed by atoms with Crippen molar-refractivity contribution in [2.75, 3.05) is 20.8 Å². The van der Waals surface area contributed by atoms with Gasteiger partial charge in [0, 0.05) is 17.5 Å². The molecule has 0 spiro atoms. The van der Waals surface area contributed by atoms with E-state index in [1.807, 2.05) is 60.7 Å². The first-order valence-electron chi connectivity index (χ1n) is 11.1. The number of hydrogen-bond donors (Lipinski definition) is 0. The highest BCUT2D eigenvalue weighted by atomic mass is 16.5. The Morgan fingerprint density at radius 1 is 0.758 bits per heavy atom. The molecule has 0 N–H and O–H groups in total. The number of aryl methyl sites for hydroxylation is 1. The van der Waals surface area contributed by atoms with Crippen molar-refractivity contribution in [2.45, 2.75) is 13.0 Å². The molecule has 0 fully saturated rings. The van der Waals surface area contributed by atoms with Crippen LogP contribution < -0.4 is 14.2 Å². The van der Waals surface area contributed by atoms with Crippen LogP contribution in [-0.4, -0.2) is 30.4 Å². The summed E-state index contributed by atoms with van der Waals surface area (Å²) in [7, 11) is 3.29. The number of benzene rings is 4. The van der Waals surface area contributed by atoms with Crippen molar-refractivity contribution in [3.63, 3.8) is 0 Å². The van der Waals surface area contributed by atoms with Crippen LogP contribution >= 0.6 is 0 Å². The van der Waals surface area contributed by atoms with Gasteiger partial charge in [0.05, 0.1) is 31.9 Å². The maximum atomic E-state index is 6.17. The number of fused-ring (bicyclic) bond motifs is 2. The Balaban J connectivity index is 1.40. The van der Waals surface area contributed by atoms with Crippen molar-refractivity contribution >= 4 is 21.8 Å². The van der Waals surface area contributed by atoms with Gasteiger partial charge < -0.3 is 18.8 Å². The molecule has 5 nitrogen and oxygen atoms in total. The number of hydrogen-bond acceptors (Lipinski definition) is 4. The van der Waals surface area contributed by atoms with Crippen LogP contribution in [0.25, 0.3) is 33.2 Å². The smallest absolute Gasteiger partial charge is 0.161 e. The summed E-state index contributed by atoms with van der Waals surface area (Å²) in [5, 5.41) is 2.32. The fourth-order valence-electron chi connectivity index (χ4n) is 4.22. The summed E-state index contributed by atoms with van der Waals surface area (Å²) >= 11 is 0. The van der Waals surface area contributed by atoms with Crippen molar-refractivity contribution in [2.24, 2.45) is 0 Å². The van der Waals surface area contributed by atoms with Gasteiger partial charge in [-0.1, -0.05) is 48.5 Å². The standard InChI is InChI=1S/C28H26N2O3/c1-31-26-16-15-21(19-27(26)32-2)28-29-23-12-5-6-13-24(23)30(28)17-8-18-33-25-14-7-10-20-9-3-4-11-22(20)25/h3-7,9-16,19H,8,17-18H2,1-2H3. The van der Waals surface area contributed by atoms with Gasteiger partial charge in [-0.2, -0.15) is 0 Å². The number of aromatic nitrogens is 2. The van der Waals surface area contributed by atoms with E-state index < -0.39 is 0 Å². The Bertz CT molecular complexity index is 1400. The quantitative estimate of drug-likeness (QED) is 0.265. The number of para-hydroxylation sites is 2. The van der Waals surface area contributed by atoms with Crippen LogP contribution in [-0.2, 0) is 6.54 Å². The Kier molecular flexibility index (Phi) is 5.85. The van der Waals surface area contributed by atoms with Crippen LogP contribution in [0.1, 0.15) is 6.42 Å². The maximum Gasteiger partial charge on any atom is 0.161 e. The van der Waals surface area contributed by atoms with Crippen LogP contribution in [0, 0.1) is 0 Å². The number of imidazole rings is 1. The zero-order valence-electron chi connectivity index (χ0n) is 18.8. The van der Waals surface area contributed by atoms with Crippen LogP contribution in [0.3, 0.4) is 0 Å². The first-order chi connectivity index (χ1) is 16.3. The third-order valence-electron chi connectivity index (χ3n) is 5.83.